The van der Waals surface area contributed by atoms with E-state index >= 15 is 0 Å². The average Bonchev–Trinajstić information content (AvgIpc) is 3.45. The molecule has 75 heavy (non-hydrogen) atoms. The van der Waals surface area contributed by atoms with Gasteiger partial charge in [0.25, 0.3) is 0 Å². The van der Waals surface area contributed by atoms with E-state index in [1.165, 1.54) is 37.7 Å². The van der Waals surface area contributed by atoms with Crippen molar-refractivity contribution in [3.8, 4) is 0 Å². The standard InChI is InChI=1S/C17H30N2O3Si.C11H26O3Si.C10H20O5Si.C6H16O3SSi.C6H16O3Si/c1-4-14-22-23(20-2,21-3)15-8-11-18-12-13-19-16-17-9-6-5-7-10-17;1-5-6-7-8-9-10-11-15(12-2,13-3)14-4;1-9(2)10(11)15-7-6-8-16(12-3,13-4)14-5;1-7-11(8-2,9-3)6-4-5-10;1-5-6-10(7-2,8-3)9-4/h4-7,9-10,18-19H,1,8,11-16H2,2-3H3;5-11H2,1-4H3;1,6-8H2,2-5H3;10H,4-6H2,1-3H3;5-6H2,1-4H3. The van der Waals surface area contributed by atoms with Crippen LogP contribution in [0.25, 0.3) is 0 Å². The second-order valence-corrected chi connectivity index (χ2v) is 32.3. The highest BCUT2D eigenvalue weighted by Gasteiger charge is 2.40. The molecule has 0 saturated heterocycles. The van der Waals surface area contributed by atoms with Crippen molar-refractivity contribution in [2.45, 2.75) is 122 Å². The van der Waals surface area contributed by atoms with Crippen LogP contribution in [0.4, 0.5) is 0 Å². The Bertz CT molecular complexity index is 1390. The van der Waals surface area contributed by atoms with Crippen LogP contribution in [0.1, 0.15) is 90.5 Å². The second-order valence-electron chi connectivity index (χ2n) is 16.5. The largest absolute Gasteiger partial charge is 0.500 e. The first-order valence-electron chi connectivity index (χ1n) is 25.9. The monoisotopic (exact) mass is 1180 g/mol. The Labute approximate surface area is 467 Å². The molecule has 1 aromatic rings. The van der Waals surface area contributed by atoms with Gasteiger partial charge in [0, 0.05) is 155 Å². The van der Waals surface area contributed by atoms with E-state index in [4.69, 9.17) is 71.1 Å². The summed E-state index contributed by atoms with van der Waals surface area (Å²) in [7, 11) is 10.9. The van der Waals surface area contributed by atoms with Crippen molar-refractivity contribution in [2.24, 2.45) is 0 Å². The first kappa shape index (κ1) is 80.4. The van der Waals surface area contributed by atoms with Gasteiger partial charge in [-0.2, -0.15) is 12.6 Å². The van der Waals surface area contributed by atoms with Crippen LogP contribution in [0.3, 0.4) is 0 Å². The summed E-state index contributed by atoms with van der Waals surface area (Å²) in [6.45, 7) is 17.6. The van der Waals surface area contributed by atoms with Crippen molar-refractivity contribution in [2.75, 3.05) is 138 Å². The number of rotatable bonds is 43. The number of benzene rings is 1. The highest BCUT2D eigenvalue weighted by molar-refractivity contribution is 7.80. The van der Waals surface area contributed by atoms with E-state index < -0.39 is 44.0 Å². The molecule has 0 saturated carbocycles. The highest BCUT2D eigenvalue weighted by atomic mass is 32.1. The summed E-state index contributed by atoms with van der Waals surface area (Å²) in [6.07, 6.45) is 13.0. The molecule has 0 spiro atoms. The first-order valence-corrected chi connectivity index (χ1v) is 36.2. The van der Waals surface area contributed by atoms with Crippen LogP contribution in [0, 0.1) is 0 Å². The fourth-order valence-electron chi connectivity index (χ4n) is 6.75. The number of nitrogens with one attached hydrogen (secondary N) is 2. The predicted molar refractivity (Wildman–Crippen MR) is 315 cm³/mol. The predicted octanol–water partition coefficient (Wildman–Crippen LogP) is 9.25. The van der Waals surface area contributed by atoms with Gasteiger partial charge < -0.3 is 81.8 Å². The lowest BCUT2D eigenvalue weighted by molar-refractivity contribution is -0.139. The van der Waals surface area contributed by atoms with Crippen molar-refractivity contribution in [1.82, 2.24) is 10.6 Å². The van der Waals surface area contributed by atoms with Crippen LogP contribution >= 0.6 is 12.6 Å². The van der Waals surface area contributed by atoms with Crippen LogP contribution in [-0.4, -0.2) is 188 Å². The summed E-state index contributed by atoms with van der Waals surface area (Å²) in [6, 6.07) is 14.5. The fraction of sp³-hybridized carbons (Fsp3) is 0.780. The van der Waals surface area contributed by atoms with Gasteiger partial charge in [-0.1, -0.05) is 95.4 Å². The maximum Gasteiger partial charge on any atom is 0.500 e. The Morgan fingerprint density at radius 1 is 0.507 bits per heavy atom. The summed E-state index contributed by atoms with van der Waals surface area (Å²) in [4.78, 5) is 11.1. The molecular formula is C50H108N2O17SSi5. The quantitative estimate of drug-likeness (QED) is 0.0140. The number of hydrogen-bond acceptors (Lipinski definition) is 20. The molecule has 446 valence electrons. The molecular weight excluding hydrogens is 1070 g/mol. The third kappa shape index (κ3) is 39.9. The molecule has 0 aliphatic rings. The molecule has 1 rings (SSSR count). The summed E-state index contributed by atoms with van der Waals surface area (Å²) in [5, 5.41) is 6.84. The number of unbranched alkanes of at least 4 members (excludes halogenated alkanes) is 5. The molecule has 0 radical (unpaired) electrons. The van der Waals surface area contributed by atoms with Crippen LogP contribution in [0.5, 0.6) is 0 Å². The molecule has 0 bridgehead atoms. The van der Waals surface area contributed by atoms with Gasteiger partial charge in [-0.15, -0.1) is 6.58 Å². The maximum absolute atomic E-state index is 11.1. The van der Waals surface area contributed by atoms with E-state index in [1.807, 2.05) is 6.07 Å². The third-order valence-electron chi connectivity index (χ3n) is 11.5. The lowest BCUT2D eigenvalue weighted by atomic mass is 10.1. The summed E-state index contributed by atoms with van der Waals surface area (Å²) < 4.78 is 84.5. The van der Waals surface area contributed by atoms with Crippen molar-refractivity contribution in [3.63, 3.8) is 0 Å². The zero-order valence-electron chi connectivity index (χ0n) is 49.8. The SMILES string of the molecule is C=C(C)C(=O)OCCC[Si](OC)(OC)OC.C=CCO[Si](CCCNCCNCc1ccccc1)(OC)OC.CCCCCCCC[Si](OC)(OC)OC.CCC[Si](OC)(OC)OC.CO[Si](CCCS)(OC)OC. The van der Waals surface area contributed by atoms with Crippen LogP contribution in [-0.2, 0) is 82.5 Å². The normalized spacial score (nSPS) is 11.7. The zero-order valence-corrected chi connectivity index (χ0v) is 55.7. The Kier molecular flexibility index (Phi) is 57.4. The number of carbonyl (C=O) groups is 1. The maximum atomic E-state index is 11.1. The number of esters is 1. The molecule has 0 heterocycles. The molecule has 0 amide bonds. The van der Waals surface area contributed by atoms with Crippen molar-refractivity contribution < 1.29 is 75.9 Å². The van der Waals surface area contributed by atoms with Gasteiger partial charge in [-0.3, -0.25) is 0 Å². The molecule has 1 aromatic carbocycles. The highest BCUT2D eigenvalue weighted by Crippen LogP contribution is 2.20. The minimum atomic E-state index is -2.53. The van der Waals surface area contributed by atoms with E-state index in [2.05, 4.69) is 74.5 Å². The van der Waals surface area contributed by atoms with E-state index in [9.17, 15) is 4.79 Å². The number of thiol groups is 1. The molecule has 0 aromatic heterocycles. The average molecular weight is 1180 g/mol. The molecule has 0 atom stereocenters. The topological polar surface area (TPSA) is 189 Å². The van der Waals surface area contributed by atoms with Gasteiger partial charge in [0.2, 0.25) is 0 Å². The van der Waals surface area contributed by atoms with Gasteiger partial charge in [0.05, 0.1) is 13.2 Å². The van der Waals surface area contributed by atoms with Crippen LogP contribution < -0.4 is 10.6 Å². The molecule has 0 aliphatic heterocycles. The van der Waals surface area contributed by atoms with Crippen molar-refractivity contribution in [1.29, 1.82) is 0 Å². The van der Waals surface area contributed by atoms with E-state index in [-0.39, 0.29) is 5.97 Å². The lowest BCUT2D eigenvalue weighted by Crippen LogP contribution is -2.44. The Morgan fingerprint density at radius 3 is 1.31 bits per heavy atom. The summed E-state index contributed by atoms with van der Waals surface area (Å²) in [5.74, 6) is 0.463. The summed E-state index contributed by atoms with van der Waals surface area (Å²) >= 11 is 4.10. The molecule has 2 N–H and O–H groups in total. The van der Waals surface area contributed by atoms with Gasteiger partial charge in [0.15, 0.2) is 0 Å². The fourth-order valence-corrected chi connectivity index (χ4v) is 16.1. The van der Waals surface area contributed by atoms with E-state index in [1.54, 1.807) is 113 Å². The zero-order chi connectivity index (χ0) is 57.8. The van der Waals surface area contributed by atoms with Crippen molar-refractivity contribution in [3.05, 3.63) is 60.7 Å². The van der Waals surface area contributed by atoms with Gasteiger partial charge in [0.1, 0.15) is 0 Å². The third-order valence-corrected chi connectivity index (χ3v) is 26.1. The van der Waals surface area contributed by atoms with E-state index in [0.29, 0.717) is 31.3 Å². The van der Waals surface area contributed by atoms with E-state index in [0.717, 1.165) is 81.8 Å². The molecule has 0 fully saturated rings. The van der Waals surface area contributed by atoms with Crippen LogP contribution in [0.15, 0.2) is 55.1 Å². The summed E-state index contributed by atoms with van der Waals surface area (Å²) in [5.41, 5.74) is 1.71. The lowest BCUT2D eigenvalue weighted by Gasteiger charge is -2.25. The van der Waals surface area contributed by atoms with Gasteiger partial charge in [-0.25, -0.2) is 4.79 Å². The first-order chi connectivity index (χ1) is 36.0. The Balaban J connectivity index is -0.000000435. The van der Waals surface area contributed by atoms with Crippen molar-refractivity contribution >= 4 is 62.6 Å². The molecule has 0 unspecified atom stereocenters. The van der Waals surface area contributed by atoms with Crippen LogP contribution in [0.2, 0.25) is 30.2 Å². The van der Waals surface area contributed by atoms with Gasteiger partial charge in [-0.05, 0) is 50.5 Å². The number of ether oxygens (including phenoxy) is 1. The minimum Gasteiger partial charge on any atom is -0.462 e. The second kappa shape index (κ2) is 53.6. The smallest absolute Gasteiger partial charge is 0.462 e. The Morgan fingerprint density at radius 2 is 0.907 bits per heavy atom. The number of hydrogen-bond donors (Lipinski definition) is 3. The molecule has 0 aliphatic carbocycles. The number of carbonyl (C=O) groups excluding carboxylic acids is 1. The molecule has 19 nitrogen and oxygen atoms in total. The van der Waals surface area contributed by atoms with Gasteiger partial charge >= 0.3 is 50.0 Å². The minimum absolute atomic E-state index is 0.316. The molecule has 25 heteroatoms. The Hall–Kier alpha value is -1.08.